The van der Waals surface area contributed by atoms with Gasteiger partial charge < -0.3 is 10.3 Å². The van der Waals surface area contributed by atoms with Gasteiger partial charge >= 0.3 is 0 Å². The van der Waals surface area contributed by atoms with Crippen LogP contribution in [0.3, 0.4) is 0 Å². The fourth-order valence-corrected chi connectivity index (χ4v) is 4.57. The number of rotatable bonds is 6. The van der Waals surface area contributed by atoms with Gasteiger partial charge in [0.1, 0.15) is 28.5 Å². The number of hydrogen-bond donors (Lipinski definition) is 2. The first kappa shape index (κ1) is 18.6. The van der Waals surface area contributed by atoms with Crippen molar-refractivity contribution in [2.75, 3.05) is 0 Å². The van der Waals surface area contributed by atoms with E-state index in [0.717, 1.165) is 39.9 Å². The molecule has 4 aromatic heterocycles. The first-order valence-corrected chi connectivity index (χ1v) is 10.7. The third-order valence-electron chi connectivity index (χ3n) is 5.02. The number of H-pyrrole nitrogens is 1. The number of amides is 1. The van der Waals surface area contributed by atoms with E-state index in [4.69, 9.17) is 0 Å². The summed E-state index contributed by atoms with van der Waals surface area (Å²) in [7, 11) is 0. The average Bonchev–Trinajstić information content (AvgIpc) is 3.43. The highest BCUT2D eigenvalue weighted by Crippen LogP contribution is 2.25. The van der Waals surface area contributed by atoms with Crippen molar-refractivity contribution < 1.29 is 4.79 Å². The summed E-state index contributed by atoms with van der Waals surface area (Å²) in [6.07, 6.45) is 1.61. The van der Waals surface area contributed by atoms with Crippen molar-refractivity contribution in [3.63, 3.8) is 0 Å². The second-order valence-electron chi connectivity index (χ2n) is 7.15. The summed E-state index contributed by atoms with van der Waals surface area (Å²) < 4.78 is 3.19. The summed E-state index contributed by atoms with van der Waals surface area (Å²) in [5, 5.41) is 10.4. The molecule has 0 aliphatic heterocycles. The van der Waals surface area contributed by atoms with Gasteiger partial charge in [0, 0.05) is 11.8 Å². The number of aryl methyl sites for hydroxylation is 1. The number of fused-ring (bicyclic) bond motifs is 4. The van der Waals surface area contributed by atoms with E-state index in [1.807, 2.05) is 46.2 Å². The molecular weight excluding hydrogens is 400 g/mol. The Hall–Kier alpha value is -3.46. The summed E-state index contributed by atoms with van der Waals surface area (Å²) in [6.45, 7) is 2.19. The minimum absolute atomic E-state index is 0.134. The van der Waals surface area contributed by atoms with Gasteiger partial charge in [-0.15, -0.1) is 11.3 Å². The third kappa shape index (κ3) is 3.17. The maximum atomic E-state index is 13.0. The SMILES string of the molecule is CCCc1nn(CC(=O)NCc2nc3ccccc3[nH]2)c(=O)c2cc3ccsc3n12. The lowest BCUT2D eigenvalue weighted by Crippen LogP contribution is -2.35. The minimum atomic E-state index is -0.287. The first-order valence-electron chi connectivity index (χ1n) is 9.83. The molecule has 152 valence electrons. The van der Waals surface area contributed by atoms with E-state index in [0.29, 0.717) is 11.3 Å². The van der Waals surface area contributed by atoms with Crippen molar-refractivity contribution in [1.82, 2.24) is 29.5 Å². The molecular formula is C21H20N6O2S. The maximum Gasteiger partial charge on any atom is 0.291 e. The standard InChI is InChI=1S/C21H20N6O2S/c1-2-5-18-25-26(20(29)16-10-13-8-9-30-21(13)27(16)18)12-19(28)22-11-17-23-14-6-3-4-7-15(14)24-17/h3-4,6-10H,2,5,11-12H2,1H3,(H,22,28)(H,23,24). The number of aromatic amines is 1. The number of hydrogen-bond acceptors (Lipinski definition) is 5. The molecule has 0 fully saturated rings. The van der Waals surface area contributed by atoms with E-state index in [9.17, 15) is 9.59 Å². The van der Waals surface area contributed by atoms with Crippen LogP contribution in [0.4, 0.5) is 0 Å². The molecule has 4 heterocycles. The number of carbonyl (C=O) groups is 1. The molecule has 5 aromatic rings. The number of nitrogens with one attached hydrogen (secondary N) is 2. The molecule has 0 saturated carbocycles. The minimum Gasteiger partial charge on any atom is -0.347 e. The molecule has 0 atom stereocenters. The molecule has 5 rings (SSSR count). The van der Waals surface area contributed by atoms with Crippen molar-refractivity contribution in [3.05, 3.63) is 63.8 Å². The van der Waals surface area contributed by atoms with Gasteiger partial charge in [0.25, 0.3) is 5.56 Å². The zero-order chi connectivity index (χ0) is 20.7. The van der Waals surface area contributed by atoms with E-state index in [-0.39, 0.29) is 24.6 Å². The van der Waals surface area contributed by atoms with Crippen molar-refractivity contribution in [1.29, 1.82) is 0 Å². The van der Waals surface area contributed by atoms with Gasteiger partial charge in [-0.05, 0) is 36.1 Å². The van der Waals surface area contributed by atoms with Crippen LogP contribution in [-0.4, -0.2) is 30.1 Å². The van der Waals surface area contributed by atoms with E-state index < -0.39 is 0 Å². The second-order valence-corrected chi connectivity index (χ2v) is 8.05. The fourth-order valence-electron chi connectivity index (χ4n) is 3.66. The van der Waals surface area contributed by atoms with Crippen molar-refractivity contribution >= 4 is 44.0 Å². The molecule has 1 amide bonds. The van der Waals surface area contributed by atoms with Gasteiger partial charge in [-0.25, -0.2) is 9.67 Å². The Bertz CT molecular complexity index is 1410. The van der Waals surface area contributed by atoms with Crippen LogP contribution >= 0.6 is 11.3 Å². The van der Waals surface area contributed by atoms with Crippen LogP contribution in [-0.2, 0) is 24.3 Å². The van der Waals surface area contributed by atoms with Crippen LogP contribution in [0.2, 0.25) is 0 Å². The van der Waals surface area contributed by atoms with E-state index in [1.165, 1.54) is 4.68 Å². The van der Waals surface area contributed by atoms with Crippen LogP contribution in [0.1, 0.15) is 25.0 Å². The van der Waals surface area contributed by atoms with Crippen molar-refractivity contribution in [2.45, 2.75) is 32.9 Å². The first-order chi connectivity index (χ1) is 14.6. The summed E-state index contributed by atoms with van der Waals surface area (Å²) in [6, 6.07) is 11.6. The molecule has 9 heteroatoms. The number of thiophene rings is 1. The lowest BCUT2D eigenvalue weighted by atomic mass is 10.3. The molecule has 1 aromatic carbocycles. The number of para-hydroxylation sites is 2. The van der Waals surface area contributed by atoms with Gasteiger partial charge in [-0.1, -0.05) is 19.1 Å². The van der Waals surface area contributed by atoms with Gasteiger partial charge in [-0.2, -0.15) is 5.10 Å². The average molecular weight is 420 g/mol. The Morgan fingerprint density at radius 1 is 1.27 bits per heavy atom. The van der Waals surface area contributed by atoms with Gasteiger partial charge in [0.15, 0.2) is 0 Å². The Labute approximate surface area is 175 Å². The molecule has 0 unspecified atom stereocenters. The lowest BCUT2D eigenvalue weighted by Gasteiger charge is -2.10. The highest BCUT2D eigenvalue weighted by molar-refractivity contribution is 7.16. The quantitative estimate of drug-likeness (QED) is 0.441. The molecule has 0 saturated heterocycles. The van der Waals surface area contributed by atoms with Crippen molar-refractivity contribution in [2.24, 2.45) is 0 Å². The van der Waals surface area contributed by atoms with E-state index in [2.05, 4.69) is 27.3 Å². The Balaban J connectivity index is 1.40. The topological polar surface area (TPSA) is 97.1 Å². The number of nitrogens with zero attached hydrogens (tertiary/aromatic N) is 4. The second kappa shape index (κ2) is 7.42. The Kier molecular flexibility index (Phi) is 4.59. The Morgan fingerprint density at radius 3 is 2.97 bits per heavy atom. The van der Waals surface area contributed by atoms with Crippen LogP contribution < -0.4 is 10.9 Å². The van der Waals surface area contributed by atoms with E-state index >= 15 is 0 Å². The van der Waals surface area contributed by atoms with Gasteiger partial charge in [-0.3, -0.25) is 14.0 Å². The highest BCUT2D eigenvalue weighted by atomic mass is 32.1. The number of imidazole rings is 1. The molecule has 2 N–H and O–H groups in total. The molecule has 0 spiro atoms. The predicted octanol–water partition coefficient (Wildman–Crippen LogP) is 2.86. The fraction of sp³-hybridized carbons (Fsp3) is 0.238. The Morgan fingerprint density at radius 2 is 2.13 bits per heavy atom. The smallest absolute Gasteiger partial charge is 0.291 e. The largest absolute Gasteiger partial charge is 0.347 e. The van der Waals surface area contributed by atoms with Crippen LogP contribution in [0.15, 0.2) is 46.6 Å². The molecule has 0 aliphatic carbocycles. The normalized spacial score (nSPS) is 11.6. The summed E-state index contributed by atoms with van der Waals surface area (Å²) in [5.41, 5.74) is 2.06. The van der Waals surface area contributed by atoms with Gasteiger partial charge in [0.05, 0.1) is 17.6 Å². The van der Waals surface area contributed by atoms with Crippen molar-refractivity contribution in [3.8, 4) is 0 Å². The highest BCUT2D eigenvalue weighted by Gasteiger charge is 2.16. The summed E-state index contributed by atoms with van der Waals surface area (Å²) in [4.78, 5) is 34.1. The van der Waals surface area contributed by atoms with Crippen LogP contribution in [0.25, 0.3) is 26.8 Å². The third-order valence-corrected chi connectivity index (χ3v) is 5.93. The molecule has 0 bridgehead atoms. The summed E-state index contributed by atoms with van der Waals surface area (Å²) in [5.74, 6) is 1.17. The molecule has 8 nitrogen and oxygen atoms in total. The number of carbonyl (C=O) groups excluding carboxylic acids is 1. The van der Waals surface area contributed by atoms with Gasteiger partial charge in [0.2, 0.25) is 5.91 Å². The number of benzene rings is 1. The predicted molar refractivity (Wildman–Crippen MR) is 117 cm³/mol. The summed E-state index contributed by atoms with van der Waals surface area (Å²) >= 11 is 1.58. The monoisotopic (exact) mass is 420 g/mol. The molecule has 0 radical (unpaired) electrons. The zero-order valence-electron chi connectivity index (χ0n) is 16.4. The number of aromatic nitrogens is 5. The van der Waals surface area contributed by atoms with Crippen LogP contribution in [0, 0.1) is 0 Å². The maximum absolute atomic E-state index is 13.0. The van der Waals surface area contributed by atoms with E-state index in [1.54, 1.807) is 11.3 Å². The zero-order valence-corrected chi connectivity index (χ0v) is 17.2. The lowest BCUT2D eigenvalue weighted by molar-refractivity contribution is -0.122. The van der Waals surface area contributed by atoms with Crippen LogP contribution in [0.5, 0.6) is 0 Å². The molecule has 30 heavy (non-hydrogen) atoms. The molecule has 0 aliphatic rings.